The zero-order valence-electron chi connectivity index (χ0n) is 17.6. The molecule has 0 fully saturated rings. The Hall–Kier alpha value is -4.39. The van der Waals surface area contributed by atoms with Crippen molar-refractivity contribution >= 4 is 18.2 Å². The summed E-state index contributed by atoms with van der Waals surface area (Å²) in [6.07, 6.45) is 3.62. The van der Waals surface area contributed by atoms with Crippen LogP contribution in [0, 0.1) is 0 Å². The van der Waals surface area contributed by atoms with E-state index in [1.807, 2.05) is 85.8 Å². The van der Waals surface area contributed by atoms with Crippen molar-refractivity contribution in [3.8, 4) is 11.4 Å². The van der Waals surface area contributed by atoms with E-state index in [0.29, 0.717) is 17.9 Å². The van der Waals surface area contributed by atoms with Gasteiger partial charge >= 0.3 is 0 Å². The van der Waals surface area contributed by atoms with Crippen molar-refractivity contribution in [1.29, 1.82) is 0 Å². The Labute approximate surface area is 186 Å². The van der Waals surface area contributed by atoms with E-state index in [9.17, 15) is 4.79 Å². The number of amides is 1. The van der Waals surface area contributed by atoms with Gasteiger partial charge in [0.05, 0.1) is 12.8 Å². The second-order valence-corrected chi connectivity index (χ2v) is 7.20. The monoisotopic (exact) mass is 422 g/mol. The molecule has 0 unspecified atom stereocenters. The first-order chi connectivity index (χ1) is 15.7. The van der Waals surface area contributed by atoms with Gasteiger partial charge in [0, 0.05) is 11.1 Å². The van der Waals surface area contributed by atoms with Crippen LogP contribution in [0.25, 0.3) is 17.5 Å². The van der Waals surface area contributed by atoms with Crippen LogP contribution < -0.4 is 5.43 Å². The maximum absolute atomic E-state index is 12.3. The Bertz CT molecular complexity index is 1230. The van der Waals surface area contributed by atoms with Gasteiger partial charge in [-0.25, -0.2) is 5.43 Å². The fourth-order valence-corrected chi connectivity index (χ4v) is 3.04. The summed E-state index contributed by atoms with van der Waals surface area (Å²) < 4.78 is 0. The van der Waals surface area contributed by atoms with Gasteiger partial charge in [0.2, 0.25) is 5.82 Å². The lowest BCUT2D eigenvalue weighted by Gasteiger charge is -2.03. The molecule has 0 radical (unpaired) electrons. The van der Waals surface area contributed by atoms with E-state index in [1.165, 1.54) is 4.80 Å². The van der Waals surface area contributed by atoms with E-state index in [0.717, 1.165) is 22.3 Å². The lowest BCUT2D eigenvalue weighted by Crippen LogP contribution is -2.17. The van der Waals surface area contributed by atoms with Gasteiger partial charge in [-0.15, -0.1) is 10.2 Å². The highest BCUT2D eigenvalue weighted by molar-refractivity contribution is 5.95. The zero-order chi connectivity index (χ0) is 22.2. The number of hydrazone groups is 1. The average Bonchev–Trinajstić information content (AvgIpc) is 3.29. The molecule has 1 N–H and O–H groups in total. The summed E-state index contributed by atoms with van der Waals surface area (Å²) in [5.74, 6) is 0.307. The number of carbonyl (C=O) groups excluding carboxylic acids is 1. The first-order valence-electron chi connectivity index (χ1n) is 10.2. The average molecular weight is 422 g/mol. The standard InChI is InChI=1S/C25H22N6O/c1-19(16-20-8-4-2-5-9-20)17-26-28-25(32)23-14-12-21(13-15-23)18-31-29-24(27-30-31)22-10-6-3-7-11-22/h2-17H,18H2,1H3,(H,28,32). The minimum absolute atomic E-state index is 0.273. The molecule has 3 aromatic carbocycles. The SMILES string of the molecule is CC(C=NNC(=O)c1ccc(Cn2nnc(-c3ccccc3)n2)cc1)=Cc1ccccc1. The van der Waals surface area contributed by atoms with Crippen LogP contribution >= 0.6 is 0 Å². The number of nitrogens with one attached hydrogen (secondary N) is 1. The highest BCUT2D eigenvalue weighted by Gasteiger charge is 2.07. The molecule has 1 heterocycles. The summed E-state index contributed by atoms with van der Waals surface area (Å²) >= 11 is 0. The van der Waals surface area contributed by atoms with Crippen LogP contribution in [0.3, 0.4) is 0 Å². The van der Waals surface area contributed by atoms with Crippen LogP contribution in [0.5, 0.6) is 0 Å². The van der Waals surface area contributed by atoms with Crippen LogP contribution in [-0.4, -0.2) is 32.3 Å². The lowest BCUT2D eigenvalue weighted by molar-refractivity contribution is 0.0955. The van der Waals surface area contributed by atoms with Gasteiger partial charge in [-0.3, -0.25) is 4.79 Å². The van der Waals surface area contributed by atoms with Gasteiger partial charge < -0.3 is 0 Å². The van der Waals surface area contributed by atoms with Gasteiger partial charge in [0.25, 0.3) is 5.91 Å². The molecule has 0 atom stereocenters. The first kappa shape index (κ1) is 20.9. The number of carbonyl (C=O) groups is 1. The summed E-state index contributed by atoms with van der Waals surface area (Å²) in [7, 11) is 0. The maximum Gasteiger partial charge on any atom is 0.271 e. The number of benzene rings is 3. The van der Waals surface area contributed by atoms with Crippen molar-refractivity contribution in [1.82, 2.24) is 25.6 Å². The third kappa shape index (κ3) is 5.60. The summed E-state index contributed by atoms with van der Waals surface area (Å²) in [6, 6.07) is 26.9. The molecule has 1 aromatic heterocycles. The Kier molecular flexibility index (Phi) is 6.57. The minimum atomic E-state index is -0.273. The zero-order valence-corrected chi connectivity index (χ0v) is 17.6. The first-order valence-corrected chi connectivity index (χ1v) is 10.2. The number of hydrogen-bond donors (Lipinski definition) is 1. The van der Waals surface area contributed by atoms with Crippen LogP contribution in [-0.2, 0) is 6.54 Å². The molecular formula is C25H22N6O. The number of aromatic nitrogens is 4. The smallest absolute Gasteiger partial charge is 0.267 e. The van der Waals surface area contributed by atoms with Crippen LogP contribution in [0.1, 0.15) is 28.4 Å². The predicted molar refractivity (Wildman–Crippen MR) is 125 cm³/mol. The molecular weight excluding hydrogens is 400 g/mol. The van der Waals surface area contributed by atoms with E-state index in [-0.39, 0.29) is 5.91 Å². The molecule has 158 valence electrons. The van der Waals surface area contributed by atoms with E-state index in [4.69, 9.17) is 0 Å². The molecule has 32 heavy (non-hydrogen) atoms. The quantitative estimate of drug-likeness (QED) is 0.357. The van der Waals surface area contributed by atoms with Crippen LogP contribution in [0.4, 0.5) is 0 Å². The summed E-state index contributed by atoms with van der Waals surface area (Å²) in [5, 5.41) is 16.7. The molecule has 0 spiro atoms. The number of rotatable bonds is 7. The van der Waals surface area contributed by atoms with Crippen LogP contribution in [0.15, 0.2) is 95.6 Å². The van der Waals surface area contributed by atoms with E-state index in [2.05, 4.69) is 25.9 Å². The normalized spacial score (nSPS) is 11.6. The van der Waals surface area contributed by atoms with Crippen LogP contribution in [0.2, 0.25) is 0 Å². The third-order valence-corrected chi connectivity index (χ3v) is 4.65. The molecule has 0 aliphatic heterocycles. The second-order valence-electron chi connectivity index (χ2n) is 7.20. The highest BCUT2D eigenvalue weighted by atomic mass is 16.2. The van der Waals surface area contributed by atoms with Crippen molar-refractivity contribution in [3.63, 3.8) is 0 Å². The topological polar surface area (TPSA) is 85.1 Å². The Morgan fingerprint density at radius 2 is 1.66 bits per heavy atom. The number of tetrazole rings is 1. The molecule has 1 amide bonds. The number of hydrogen-bond acceptors (Lipinski definition) is 5. The largest absolute Gasteiger partial charge is 0.271 e. The molecule has 0 aliphatic rings. The Morgan fingerprint density at radius 1 is 0.969 bits per heavy atom. The van der Waals surface area contributed by atoms with E-state index < -0.39 is 0 Å². The minimum Gasteiger partial charge on any atom is -0.267 e. The molecule has 7 heteroatoms. The number of nitrogens with zero attached hydrogens (tertiary/aromatic N) is 5. The summed E-state index contributed by atoms with van der Waals surface area (Å²) in [6.45, 7) is 2.39. The Morgan fingerprint density at radius 3 is 2.38 bits per heavy atom. The summed E-state index contributed by atoms with van der Waals surface area (Å²) in [4.78, 5) is 13.9. The molecule has 7 nitrogen and oxygen atoms in total. The van der Waals surface area contributed by atoms with Gasteiger partial charge in [0.1, 0.15) is 0 Å². The number of allylic oxidation sites excluding steroid dienone is 1. The predicted octanol–water partition coefficient (Wildman–Crippen LogP) is 4.21. The van der Waals surface area contributed by atoms with Gasteiger partial charge in [0.15, 0.2) is 0 Å². The molecule has 0 aliphatic carbocycles. The molecule has 0 saturated heterocycles. The highest BCUT2D eigenvalue weighted by Crippen LogP contribution is 2.13. The molecule has 4 rings (SSSR count). The molecule has 0 bridgehead atoms. The second kappa shape index (κ2) is 10.1. The Balaban J connectivity index is 1.33. The third-order valence-electron chi connectivity index (χ3n) is 4.65. The van der Waals surface area contributed by atoms with Crippen molar-refractivity contribution in [3.05, 3.63) is 107 Å². The van der Waals surface area contributed by atoms with Gasteiger partial charge in [-0.2, -0.15) is 9.90 Å². The van der Waals surface area contributed by atoms with Crippen molar-refractivity contribution < 1.29 is 4.79 Å². The fourth-order valence-electron chi connectivity index (χ4n) is 3.04. The summed E-state index contributed by atoms with van der Waals surface area (Å²) in [5.41, 5.74) is 6.97. The lowest BCUT2D eigenvalue weighted by atomic mass is 10.1. The van der Waals surface area contributed by atoms with Gasteiger partial charge in [-0.1, -0.05) is 78.9 Å². The van der Waals surface area contributed by atoms with E-state index >= 15 is 0 Å². The van der Waals surface area contributed by atoms with E-state index in [1.54, 1.807) is 18.3 Å². The molecule has 0 saturated carbocycles. The van der Waals surface area contributed by atoms with Crippen molar-refractivity contribution in [2.24, 2.45) is 5.10 Å². The van der Waals surface area contributed by atoms with Crippen molar-refractivity contribution in [2.45, 2.75) is 13.5 Å². The fraction of sp³-hybridized carbons (Fsp3) is 0.0800. The molecule has 4 aromatic rings. The van der Waals surface area contributed by atoms with Crippen molar-refractivity contribution in [2.75, 3.05) is 0 Å². The van der Waals surface area contributed by atoms with Gasteiger partial charge in [-0.05, 0) is 41.0 Å². The maximum atomic E-state index is 12.3.